The summed E-state index contributed by atoms with van der Waals surface area (Å²) in [6, 6.07) is 28.6. The molecule has 0 spiro atoms. The van der Waals surface area contributed by atoms with E-state index in [1.807, 2.05) is 51.2 Å². The molecule has 77 heavy (non-hydrogen) atoms. The summed E-state index contributed by atoms with van der Waals surface area (Å²) >= 11 is 0. The number of carbonyl (C=O) groups excluding carboxylic acids is 3. The molecule has 0 unspecified atom stereocenters. The van der Waals surface area contributed by atoms with Gasteiger partial charge in [0.15, 0.2) is 0 Å². The molecule has 4 amide bonds. The van der Waals surface area contributed by atoms with Crippen LogP contribution < -0.4 is 15.1 Å². The minimum Gasteiger partial charge on any atom is -0.465 e. The van der Waals surface area contributed by atoms with Crippen molar-refractivity contribution in [3.05, 3.63) is 126 Å². The third-order valence-corrected chi connectivity index (χ3v) is 16.1. The first-order chi connectivity index (χ1) is 37.3. The topological polar surface area (TPSA) is 205 Å². The molecule has 4 saturated heterocycles. The average Bonchev–Trinajstić information content (AvgIpc) is 4.34. The Balaban J connectivity index is 0.890. The Morgan fingerprint density at radius 2 is 1.16 bits per heavy atom. The predicted octanol–water partition coefficient (Wildman–Crippen LogP) is 9.79. The molecule has 0 aliphatic carbocycles. The monoisotopic (exact) mass is 1050 g/mol. The summed E-state index contributed by atoms with van der Waals surface area (Å²) in [5, 5.41) is 12.5. The van der Waals surface area contributed by atoms with Gasteiger partial charge >= 0.3 is 12.2 Å². The number of benzene rings is 3. The molecule has 10 rings (SSSR count). The van der Waals surface area contributed by atoms with Crippen molar-refractivity contribution in [1.29, 1.82) is 0 Å². The van der Waals surface area contributed by atoms with E-state index in [0.717, 1.165) is 107 Å². The highest BCUT2D eigenvalue weighted by Gasteiger charge is 2.41. The average molecular weight is 1050 g/mol. The number of nitrogens with zero attached hydrogens (tertiary/aromatic N) is 8. The second-order valence-corrected chi connectivity index (χ2v) is 21.5. The number of hydrogen-bond acceptors (Lipinski definition) is 11. The van der Waals surface area contributed by atoms with Gasteiger partial charge in [-0.25, -0.2) is 24.5 Å². The molecule has 404 valence electrons. The number of carbonyl (C=O) groups is 4. The minimum atomic E-state index is -1.13. The SMILES string of the molecule is COC(=O)N[C@H](C(=O)N1CCC[C@H]1c1ncc(-c2ccc([C@@H]3CC[C@@H](c4ccc(-c5cnc([C@@H]6CCCN6C(=O)[C@H](C(C)C)N(C)C(=O)O)[nH]5)cc4)N3c3ccc(-c4ccc(N5CCOCC5)nc4)cc3)cc2)[nH]1)C(C)C. The molecule has 4 fully saturated rings. The van der Waals surface area contributed by atoms with Gasteiger partial charge in [0, 0.05) is 50.7 Å². The molecule has 18 nitrogen and oxygen atoms in total. The van der Waals surface area contributed by atoms with Crippen molar-refractivity contribution in [1.82, 2.24) is 44.9 Å². The minimum absolute atomic E-state index is 0.0765. The molecule has 4 aliphatic rings. The zero-order valence-electron chi connectivity index (χ0n) is 44.9. The van der Waals surface area contributed by atoms with E-state index in [2.05, 4.69) is 110 Å². The number of ether oxygens (including phenoxy) is 2. The van der Waals surface area contributed by atoms with Crippen LogP contribution in [0.4, 0.5) is 21.1 Å². The van der Waals surface area contributed by atoms with Crippen LogP contribution in [0.5, 0.6) is 0 Å². The lowest BCUT2D eigenvalue weighted by Gasteiger charge is -2.33. The Labute approximate surface area is 450 Å². The molecule has 3 aromatic carbocycles. The maximum atomic E-state index is 13.9. The first-order valence-electron chi connectivity index (χ1n) is 27.2. The van der Waals surface area contributed by atoms with E-state index in [1.165, 1.54) is 25.3 Å². The fourth-order valence-corrected chi connectivity index (χ4v) is 12.0. The first-order valence-corrected chi connectivity index (χ1v) is 27.2. The zero-order valence-corrected chi connectivity index (χ0v) is 44.9. The fraction of sp³-hybridized carbons (Fsp3) is 0.441. The van der Waals surface area contributed by atoms with E-state index in [-0.39, 0.29) is 47.8 Å². The van der Waals surface area contributed by atoms with Crippen molar-refractivity contribution in [2.45, 2.75) is 102 Å². The number of rotatable bonds is 15. The Hall–Kier alpha value is -7.73. The lowest BCUT2D eigenvalue weighted by atomic mass is 10.0. The number of nitrogens with one attached hydrogen (secondary N) is 3. The van der Waals surface area contributed by atoms with Gasteiger partial charge in [-0.15, -0.1) is 0 Å². The lowest BCUT2D eigenvalue weighted by Crippen LogP contribution is -2.51. The van der Waals surface area contributed by atoms with Crippen LogP contribution in [-0.4, -0.2) is 134 Å². The van der Waals surface area contributed by atoms with E-state index in [1.54, 1.807) is 4.90 Å². The number of aromatic nitrogens is 5. The van der Waals surface area contributed by atoms with E-state index >= 15 is 0 Å². The number of pyridine rings is 1. The second kappa shape index (κ2) is 22.9. The van der Waals surface area contributed by atoms with Gasteiger partial charge in [-0.05, 0) is 102 Å². The van der Waals surface area contributed by atoms with Crippen LogP contribution >= 0.6 is 0 Å². The molecule has 0 saturated carbocycles. The Kier molecular flexibility index (Phi) is 15.6. The Bertz CT molecular complexity index is 3010. The second-order valence-electron chi connectivity index (χ2n) is 21.5. The molecule has 4 aliphatic heterocycles. The largest absolute Gasteiger partial charge is 0.465 e. The van der Waals surface area contributed by atoms with Crippen LogP contribution in [0.2, 0.25) is 0 Å². The van der Waals surface area contributed by atoms with E-state index < -0.39 is 24.3 Å². The first kappa shape index (κ1) is 52.7. The highest BCUT2D eigenvalue weighted by molar-refractivity contribution is 5.87. The highest BCUT2D eigenvalue weighted by Crippen LogP contribution is 2.48. The van der Waals surface area contributed by atoms with Gasteiger partial charge in [-0.2, -0.15) is 0 Å². The number of aromatic amines is 2. The van der Waals surface area contributed by atoms with E-state index in [0.29, 0.717) is 32.1 Å². The van der Waals surface area contributed by atoms with Crippen molar-refractivity contribution in [3.8, 4) is 33.6 Å². The Morgan fingerprint density at radius 1 is 0.636 bits per heavy atom. The number of morpholine rings is 1. The third kappa shape index (κ3) is 11.0. The number of H-pyrrole nitrogens is 2. The normalized spacial score (nSPS) is 20.5. The van der Waals surface area contributed by atoms with Crippen molar-refractivity contribution < 1.29 is 33.8 Å². The van der Waals surface area contributed by atoms with Gasteiger partial charge in [0.2, 0.25) is 11.8 Å². The molecule has 7 heterocycles. The zero-order chi connectivity index (χ0) is 53.9. The molecule has 6 aromatic rings. The van der Waals surface area contributed by atoms with Gasteiger partial charge in [-0.3, -0.25) is 14.5 Å². The van der Waals surface area contributed by atoms with Gasteiger partial charge < -0.3 is 49.5 Å². The molecule has 0 bridgehead atoms. The lowest BCUT2D eigenvalue weighted by molar-refractivity contribution is -0.138. The molecule has 6 atom stereocenters. The third-order valence-electron chi connectivity index (χ3n) is 16.1. The quantitative estimate of drug-likeness (QED) is 0.0759. The number of carboxylic acid groups (broad SMARTS) is 1. The summed E-state index contributed by atoms with van der Waals surface area (Å²) in [4.78, 5) is 82.8. The van der Waals surface area contributed by atoms with Gasteiger partial charge in [-0.1, -0.05) is 88.4 Å². The van der Waals surface area contributed by atoms with Crippen LogP contribution in [0.15, 0.2) is 104 Å². The van der Waals surface area contributed by atoms with Crippen LogP contribution in [0.1, 0.15) is 113 Å². The number of likely N-dealkylation sites (N-methyl/N-ethyl adjacent to an activating group) is 1. The van der Waals surface area contributed by atoms with Gasteiger partial charge in [0.05, 0.1) is 68.3 Å². The molecule has 4 N–H and O–H groups in total. The van der Waals surface area contributed by atoms with Crippen molar-refractivity contribution >= 4 is 35.5 Å². The van der Waals surface area contributed by atoms with Crippen LogP contribution in [0.25, 0.3) is 33.6 Å². The maximum Gasteiger partial charge on any atom is 0.407 e. The summed E-state index contributed by atoms with van der Waals surface area (Å²) < 4.78 is 10.4. The Morgan fingerprint density at radius 3 is 1.64 bits per heavy atom. The number of methoxy groups -OCH3 is 1. The number of amides is 4. The molecular weight excluding hydrogens is 975 g/mol. The molecule has 3 aromatic heterocycles. The number of hydrogen-bond donors (Lipinski definition) is 4. The molecule has 0 radical (unpaired) electrons. The number of alkyl carbamates (subject to hydrolysis) is 1. The summed E-state index contributed by atoms with van der Waals surface area (Å²) in [5.41, 5.74) is 9.34. The van der Waals surface area contributed by atoms with Crippen molar-refractivity contribution in [2.75, 3.05) is 63.4 Å². The number of imidazole rings is 2. The summed E-state index contributed by atoms with van der Waals surface area (Å²) in [6.45, 7) is 11.8. The molecule has 18 heteroatoms. The van der Waals surface area contributed by atoms with Crippen LogP contribution in [0.3, 0.4) is 0 Å². The maximum absolute atomic E-state index is 13.9. The van der Waals surface area contributed by atoms with Gasteiger partial charge in [0.1, 0.15) is 29.6 Å². The highest BCUT2D eigenvalue weighted by atomic mass is 16.5. The number of anilines is 2. The smallest absolute Gasteiger partial charge is 0.407 e. The predicted molar refractivity (Wildman–Crippen MR) is 294 cm³/mol. The molecular formula is C59H71N11O7. The summed E-state index contributed by atoms with van der Waals surface area (Å²) in [7, 11) is 2.76. The standard InChI is InChI=1S/C59H71N11O7/c1-36(2)52(65-58(73)76-6)56(71)68-27-7-9-49(68)54-61-34-45(63-54)39-11-15-41(16-12-39)47-24-25-48(70(47)44-22-19-38(20-23-44)43-21-26-51(60-33-43)67-29-31-77-32-30-67)42-17-13-40(14-18-42)46-35-62-55(64-46)50-10-8-28-69(50)57(72)53(37(3)4)66(5)59(74)75/h11-23,26,33-37,47-50,52-53H,7-10,24-25,27-32H2,1-6H3,(H,61,63)(H,62,64)(H,65,73)(H,74,75)/t47-,48-,49-,50-,52-,53-/m0/s1. The summed E-state index contributed by atoms with van der Waals surface area (Å²) in [5.74, 6) is 1.73. The van der Waals surface area contributed by atoms with Crippen LogP contribution in [0, 0.1) is 11.8 Å². The van der Waals surface area contributed by atoms with Crippen LogP contribution in [-0.2, 0) is 19.1 Å². The fourth-order valence-electron chi connectivity index (χ4n) is 12.0. The summed E-state index contributed by atoms with van der Waals surface area (Å²) in [6.07, 6.45) is 8.89. The van der Waals surface area contributed by atoms with Crippen molar-refractivity contribution in [3.63, 3.8) is 0 Å². The van der Waals surface area contributed by atoms with E-state index in [9.17, 15) is 24.3 Å². The van der Waals surface area contributed by atoms with Gasteiger partial charge in [0.25, 0.3) is 0 Å². The van der Waals surface area contributed by atoms with E-state index in [4.69, 9.17) is 24.4 Å². The van der Waals surface area contributed by atoms with Crippen molar-refractivity contribution in [2.24, 2.45) is 11.8 Å². The number of likely N-dealkylation sites (tertiary alicyclic amines) is 2.